The second-order valence-corrected chi connectivity index (χ2v) is 7.21. The number of hydrogen-bond acceptors (Lipinski definition) is 5. The van der Waals surface area contributed by atoms with Gasteiger partial charge < -0.3 is 16.0 Å². The number of benzene rings is 2. The number of hydrogen-bond donors (Lipinski definition) is 3. The van der Waals surface area contributed by atoms with Crippen LogP contribution in [0, 0.1) is 0 Å². The van der Waals surface area contributed by atoms with E-state index in [2.05, 4.69) is 34.1 Å². The van der Waals surface area contributed by atoms with Gasteiger partial charge >= 0.3 is 0 Å². The van der Waals surface area contributed by atoms with Gasteiger partial charge in [0.2, 0.25) is 5.91 Å². The molecule has 7 heteroatoms. The third-order valence-corrected chi connectivity index (χ3v) is 5.28. The van der Waals surface area contributed by atoms with E-state index < -0.39 is 0 Å². The van der Waals surface area contributed by atoms with Gasteiger partial charge in [-0.05, 0) is 55.3 Å². The van der Waals surface area contributed by atoms with Gasteiger partial charge in [0, 0.05) is 35.9 Å². The van der Waals surface area contributed by atoms with E-state index in [4.69, 9.17) is 0 Å². The molecule has 6 nitrogen and oxygen atoms in total. The van der Waals surface area contributed by atoms with Crippen LogP contribution in [0.25, 0.3) is 0 Å². The molecule has 0 unspecified atom stereocenters. The lowest BCUT2D eigenvalue weighted by Crippen LogP contribution is -2.33. The fourth-order valence-electron chi connectivity index (χ4n) is 2.59. The molecular formula is C21H28N4O2S. The number of amides is 2. The van der Waals surface area contributed by atoms with Crippen molar-refractivity contribution < 1.29 is 9.59 Å². The van der Waals surface area contributed by atoms with Crippen molar-refractivity contribution in [3.63, 3.8) is 0 Å². The summed E-state index contributed by atoms with van der Waals surface area (Å²) in [4.78, 5) is 25.6. The molecule has 3 N–H and O–H groups in total. The molecule has 0 spiro atoms. The first kappa shape index (κ1) is 21.8. The minimum atomic E-state index is -0.280. The van der Waals surface area contributed by atoms with Crippen LogP contribution in [0.3, 0.4) is 0 Å². The van der Waals surface area contributed by atoms with Crippen LogP contribution < -0.4 is 16.0 Å². The Balaban J connectivity index is 1.86. The second kappa shape index (κ2) is 11.4. The molecule has 0 aromatic heterocycles. The number of rotatable bonds is 10. The fourth-order valence-corrected chi connectivity index (χ4v) is 3.40. The summed E-state index contributed by atoms with van der Waals surface area (Å²) in [5.74, 6) is -0.545. The van der Waals surface area contributed by atoms with E-state index in [0.717, 1.165) is 23.7 Å². The molecule has 0 aliphatic heterocycles. The zero-order valence-electron chi connectivity index (χ0n) is 16.6. The maximum absolute atomic E-state index is 12.4. The smallest absolute Gasteiger partial charge is 0.253 e. The Morgan fingerprint density at radius 3 is 2.29 bits per heavy atom. The van der Waals surface area contributed by atoms with Crippen molar-refractivity contribution in [1.82, 2.24) is 9.62 Å². The van der Waals surface area contributed by atoms with Crippen molar-refractivity contribution in [2.75, 3.05) is 36.8 Å². The summed E-state index contributed by atoms with van der Waals surface area (Å²) in [7, 11) is 0. The number of nitrogens with zero attached hydrogens (tertiary/aromatic N) is 1. The van der Waals surface area contributed by atoms with Crippen molar-refractivity contribution in [3.05, 3.63) is 54.1 Å². The highest BCUT2D eigenvalue weighted by Gasteiger charge is 2.12. The van der Waals surface area contributed by atoms with Crippen LogP contribution in [0.5, 0.6) is 0 Å². The van der Waals surface area contributed by atoms with Gasteiger partial charge in [0.15, 0.2) is 0 Å². The van der Waals surface area contributed by atoms with Gasteiger partial charge in [-0.1, -0.05) is 26.0 Å². The molecule has 0 atom stereocenters. The average molecular weight is 401 g/mol. The lowest BCUT2D eigenvalue weighted by atomic mass is 10.1. The molecule has 0 aliphatic carbocycles. The molecule has 0 bridgehead atoms. The first-order valence-electron chi connectivity index (χ1n) is 9.51. The molecule has 0 aliphatic rings. The van der Waals surface area contributed by atoms with Gasteiger partial charge in [-0.15, -0.1) is 0 Å². The molecule has 2 aromatic rings. The fraction of sp³-hybridized carbons (Fsp3) is 0.333. The van der Waals surface area contributed by atoms with Gasteiger partial charge in [-0.2, -0.15) is 0 Å². The topological polar surface area (TPSA) is 73.5 Å². The van der Waals surface area contributed by atoms with Crippen LogP contribution in [0.4, 0.5) is 11.4 Å². The van der Waals surface area contributed by atoms with Crippen LogP contribution in [-0.2, 0) is 4.79 Å². The van der Waals surface area contributed by atoms with Gasteiger partial charge in [-0.3, -0.25) is 9.59 Å². The number of para-hydroxylation sites is 1. The number of carbonyl (C=O) groups excluding carboxylic acids is 2. The summed E-state index contributed by atoms with van der Waals surface area (Å²) < 4.78 is 2.24. The van der Waals surface area contributed by atoms with E-state index in [-0.39, 0.29) is 18.4 Å². The second-order valence-electron chi connectivity index (χ2n) is 6.04. The summed E-state index contributed by atoms with van der Waals surface area (Å²) in [6.45, 7) is 8.77. The van der Waals surface area contributed by atoms with Crippen molar-refractivity contribution in [2.24, 2.45) is 0 Å². The third kappa shape index (κ3) is 6.58. The first-order chi connectivity index (χ1) is 13.6. The quantitative estimate of drug-likeness (QED) is 0.529. The van der Waals surface area contributed by atoms with Gasteiger partial charge in [0.05, 0.1) is 12.1 Å². The Morgan fingerprint density at radius 2 is 1.64 bits per heavy atom. The summed E-state index contributed by atoms with van der Waals surface area (Å²) in [6.07, 6.45) is 0. The molecule has 0 radical (unpaired) electrons. The molecule has 0 saturated carbocycles. The summed E-state index contributed by atoms with van der Waals surface area (Å²) in [6, 6.07) is 14.9. The number of anilines is 2. The molecule has 0 fully saturated rings. The minimum Gasteiger partial charge on any atom is -0.385 e. The lowest BCUT2D eigenvalue weighted by Gasteiger charge is -2.16. The molecule has 2 aromatic carbocycles. The summed E-state index contributed by atoms with van der Waals surface area (Å²) in [5, 5.41) is 8.62. The van der Waals surface area contributed by atoms with Gasteiger partial charge in [-0.25, -0.2) is 4.31 Å². The minimum absolute atomic E-state index is 0.0881. The molecule has 28 heavy (non-hydrogen) atoms. The highest BCUT2D eigenvalue weighted by Crippen LogP contribution is 2.23. The maximum Gasteiger partial charge on any atom is 0.253 e. The zero-order valence-corrected chi connectivity index (χ0v) is 17.4. The highest BCUT2D eigenvalue weighted by atomic mass is 32.2. The van der Waals surface area contributed by atoms with Crippen LogP contribution in [-0.4, -0.2) is 42.3 Å². The monoisotopic (exact) mass is 400 g/mol. The molecule has 0 heterocycles. The van der Waals surface area contributed by atoms with Gasteiger partial charge in [0.25, 0.3) is 5.91 Å². The van der Waals surface area contributed by atoms with E-state index >= 15 is 0 Å². The zero-order chi connectivity index (χ0) is 20.4. The van der Waals surface area contributed by atoms with Crippen molar-refractivity contribution in [3.8, 4) is 0 Å². The van der Waals surface area contributed by atoms with Crippen LogP contribution >= 0.6 is 11.9 Å². The molecular weight excluding hydrogens is 372 g/mol. The molecule has 2 rings (SSSR count). The van der Waals surface area contributed by atoms with E-state index in [9.17, 15) is 9.59 Å². The van der Waals surface area contributed by atoms with E-state index in [1.54, 1.807) is 24.1 Å². The SMILES string of the molecule is CCNc1ccccc1C(=O)NCC(=O)Nc1ccc(SN(CC)CC)cc1. The molecule has 2 amide bonds. The Kier molecular flexibility index (Phi) is 8.84. The normalized spacial score (nSPS) is 10.6. The number of nitrogens with one attached hydrogen (secondary N) is 3. The van der Waals surface area contributed by atoms with Crippen molar-refractivity contribution >= 4 is 35.1 Å². The van der Waals surface area contributed by atoms with E-state index in [0.29, 0.717) is 17.8 Å². The predicted molar refractivity (Wildman–Crippen MR) is 117 cm³/mol. The standard InChI is InChI=1S/C21H28N4O2S/c1-4-22-19-10-8-7-9-18(19)21(27)23-15-20(26)24-16-11-13-17(14-12-16)28-25(5-2)6-3/h7-14,22H,4-6,15H2,1-3H3,(H,23,27)(H,24,26). The van der Waals surface area contributed by atoms with Crippen LogP contribution in [0.15, 0.2) is 53.4 Å². The Hall–Kier alpha value is -2.51. The Bertz CT molecular complexity index is 776. The molecule has 0 saturated heterocycles. The third-order valence-electron chi connectivity index (χ3n) is 4.03. The lowest BCUT2D eigenvalue weighted by molar-refractivity contribution is -0.115. The van der Waals surface area contributed by atoms with Crippen molar-refractivity contribution in [2.45, 2.75) is 25.7 Å². The van der Waals surface area contributed by atoms with Crippen LogP contribution in [0.1, 0.15) is 31.1 Å². The van der Waals surface area contributed by atoms with Crippen LogP contribution in [0.2, 0.25) is 0 Å². The largest absolute Gasteiger partial charge is 0.385 e. The number of carbonyl (C=O) groups is 2. The first-order valence-corrected chi connectivity index (χ1v) is 10.3. The summed E-state index contributed by atoms with van der Waals surface area (Å²) >= 11 is 1.69. The summed E-state index contributed by atoms with van der Waals surface area (Å²) in [5.41, 5.74) is 1.98. The van der Waals surface area contributed by atoms with E-state index in [1.807, 2.05) is 43.3 Å². The Labute approximate surface area is 171 Å². The Morgan fingerprint density at radius 1 is 0.964 bits per heavy atom. The van der Waals surface area contributed by atoms with Gasteiger partial charge in [0.1, 0.15) is 0 Å². The average Bonchev–Trinajstić information content (AvgIpc) is 2.72. The molecule has 150 valence electrons. The highest BCUT2D eigenvalue weighted by molar-refractivity contribution is 7.97. The predicted octanol–water partition coefficient (Wildman–Crippen LogP) is 3.84. The van der Waals surface area contributed by atoms with E-state index in [1.165, 1.54) is 0 Å². The van der Waals surface area contributed by atoms with Crippen molar-refractivity contribution in [1.29, 1.82) is 0 Å². The maximum atomic E-state index is 12.4.